The number of aromatic nitrogens is 3. The Labute approximate surface area is 122 Å². The molecular weight excluding hydrogens is 264 g/mol. The smallest absolute Gasteiger partial charge is 0.257 e. The second kappa shape index (κ2) is 5.58. The van der Waals surface area contributed by atoms with Gasteiger partial charge in [-0.15, -0.1) is 0 Å². The second-order valence-electron chi connectivity index (χ2n) is 4.71. The van der Waals surface area contributed by atoms with Crippen molar-refractivity contribution >= 4 is 11.6 Å². The highest BCUT2D eigenvalue weighted by Gasteiger charge is 2.06. The van der Waals surface area contributed by atoms with Gasteiger partial charge in [0.05, 0.1) is 11.3 Å². The second-order valence-corrected chi connectivity index (χ2v) is 4.71. The van der Waals surface area contributed by atoms with Crippen molar-refractivity contribution in [1.82, 2.24) is 15.2 Å². The maximum Gasteiger partial charge on any atom is 0.257 e. The largest absolute Gasteiger partial charge is 0.322 e. The van der Waals surface area contributed by atoms with Gasteiger partial charge < -0.3 is 5.32 Å². The first kappa shape index (κ1) is 13.1. The van der Waals surface area contributed by atoms with Crippen LogP contribution in [-0.4, -0.2) is 21.1 Å². The molecule has 1 amide bonds. The van der Waals surface area contributed by atoms with E-state index in [1.54, 1.807) is 18.3 Å². The summed E-state index contributed by atoms with van der Waals surface area (Å²) in [6.07, 6.45) is 3.17. The van der Waals surface area contributed by atoms with Crippen LogP contribution < -0.4 is 5.32 Å². The monoisotopic (exact) mass is 278 g/mol. The molecule has 0 bridgehead atoms. The molecule has 5 nitrogen and oxygen atoms in total. The van der Waals surface area contributed by atoms with E-state index in [1.165, 1.54) is 6.20 Å². The highest BCUT2D eigenvalue weighted by Crippen LogP contribution is 2.20. The molecule has 0 unspecified atom stereocenters. The molecule has 3 rings (SSSR count). The minimum atomic E-state index is -0.175. The molecule has 3 aromatic rings. The fraction of sp³-hybridized carbons (Fsp3) is 0.0625. The summed E-state index contributed by atoms with van der Waals surface area (Å²) in [4.78, 5) is 15.9. The van der Waals surface area contributed by atoms with Crippen LogP contribution in [0.3, 0.4) is 0 Å². The fourth-order valence-corrected chi connectivity index (χ4v) is 1.99. The van der Waals surface area contributed by atoms with E-state index in [9.17, 15) is 4.79 Å². The number of aromatic amines is 1. The van der Waals surface area contributed by atoms with E-state index in [2.05, 4.69) is 20.5 Å². The Morgan fingerprint density at radius 1 is 1.19 bits per heavy atom. The van der Waals surface area contributed by atoms with E-state index in [0.29, 0.717) is 5.56 Å². The molecule has 0 spiro atoms. The van der Waals surface area contributed by atoms with Crippen LogP contribution in [0.1, 0.15) is 16.1 Å². The number of pyridine rings is 1. The molecular formula is C16H14N4O. The molecule has 21 heavy (non-hydrogen) atoms. The van der Waals surface area contributed by atoms with Crippen LogP contribution in [0.5, 0.6) is 0 Å². The maximum atomic E-state index is 12.0. The van der Waals surface area contributed by atoms with E-state index >= 15 is 0 Å². The highest BCUT2D eigenvalue weighted by atomic mass is 16.1. The number of nitrogens with one attached hydrogen (secondary N) is 2. The molecule has 0 saturated carbocycles. The molecule has 2 aromatic heterocycles. The summed E-state index contributed by atoms with van der Waals surface area (Å²) in [5.41, 5.74) is 4.17. The predicted octanol–water partition coefficient (Wildman–Crippen LogP) is 3.03. The van der Waals surface area contributed by atoms with Crippen molar-refractivity contribution in [3.63, 3.8) is 0 Å². The van der Waals surface area contributed by atoms with E-state index in [1.807, 2.05) is 37.3 Å². The van der Waals surface area contributed by atoms with Crippen LogP contribution in [0.15, 0.2) is 54.9 Å². The average molecular weight is 278 g/mol. The lowest BCUT2D eigenvalue weighted by Crippen LogP contribution is -2.11. The first-order valence-electron chi connectivity index (χ1n) is 6.56. The van der Waals surface area contributed by atoms with E-state index < -0.39 is 0 Å². The zero-order valence-electron chi connectivity index (χ0n) is 11.5. The van der Waals surface area contributed by atoms with Gasteiger partial charge in [0.2, 0.25) is 0 Å². The van der Waals surface area contributed by atoms with Crippen LogP contribution in [-0.2, 0) is 0 Å². The van der Waals surface area contributed by atoms with E-state index in [0.717, 1.165) is 22.6 Å². The van der Waals surface area contributed by atoms with Crippen molar-refractivity contribution in [2.45, 2.75) is 6.92 Å². The van der Waals surface area contributed by atoms with Crippen molar-refractivity contribution in [3.8, 4) is 11.3 Å². The molecule has 0 saturated heterocycles. The number of benzene rings is 1. The van der Waals surface area contributed by atoms with Gasteiger partial charge in [-0.25, -0.2) is 0 Å². The molecule has 2 heterocycles. The van der Waals surface area contributed by atoms with Gasteiger partial charge in [-0.3, -0.25) is 14.9 Å². The number of carbonyl (C=O) groups is 1. The van der Waals surface area contributed by atoms with Gasteiger partial charge in [0.15, 0.2) is 0 Å². The first-order valence-corrected chi connectivity index (χ1v) is 6.56. The molecule has 104 valence electrons. The van der Waals surface area contributed by atoms with Gasteiger partial charge in [-0.2, -0.15) is 5.10 Å². The zero-order chi connectivity index (χ0) is 14.7. The Morgan fingerprint density at radius 2 is 2.00 bits per heavy atom. The third-order valence-corrected chi connectivity index (χ3v) is 3.07. The predicted molar refractivity (Wildman–Crippen MR) is 81.0 cm³/mol. The summed E-state index contributed by atoms with van der Waals surface area (Å²) in [6.45, 7) is 1.96. The Kier molecular flexibility index (Phi) is 3.47. The lowest BCUT2D eigenvalue weighted by atomic mass is 10.1. The molecule has 0 aliphatic heterocycles. The van der Waals surface area contributed by atoms with Crippen LogP contribution >= 0.6 is 0 Å². The molecule has 0 fully saturated rings. The van der Waals surface area contributed by atoms with Crippen molar-refractivity contribution < 1.29 is 4.79 Å². The topological polar surface area (TPSA) is 70.7 Å². The standard InChI is InChI=1S/C16H14N4O/c1-11-9-15(20-19-11)12-4-6-14(7-5-12)18-16(21)13-3-2-8-17-10-13/h2-10H,1H3,(H,18,21)(H,19,20). The number of hydrogen-bond donors (Lipinski definition) is 2. The van der Waals surface area contributed by atoms with Gasteiger partial charge in [-0.1, -0.05) is 12.1 Å². The number of rotatable bonds is 3. The van der Waals surface area contributed by atoms with Crippen LogP contribution in [0.4, 0.5) is 5.69 Å². The van der Waals surface area contributed by atoms with Gasteiger partial charge in [-0.05, 0) is 37.3 Å². The quantitative estimate of drug-likeness (QED) is 0.773. The summed E-state index contributed by atoms with van der Waals surface area (Å²) >= 11 is 0. The Bertz CT molecular complexity index is 747. The van der Waals surface area contributed by atoms with Crippen LogP contribution in [0, 0.1) is 6.92 Å². The normalized spacial score (nSPS) is 10.3. The zero-order valence-corrected chi connectivity index (χ0v) is 11.5. The Hall–Kier alpha value is -2.95. The van der Waals surface area contributed by atoms with Crippen molar-refractivity contribution in [1.29, 1.82) is 0 Å². The third kappa shape index (κ3) is 2.97. The molecule has 0 aliphatic carbocycles. The van der Waals surface area contributed by atoms with Crippen molar-refractivity contribution in [2.24, 2.45) is 0 Å². The maximum absolute atomic E-state index is 12.0. The van der Waals surface area contributed by atoms with Crippen LogP contribution in [0.25, 0.3) is 11.3 Å². The number of carbonyl (C=O) groups excluding carboxylic acids is 1. The summed E-state index contributed by atoms with van der Waals surface area (Å²) in [7, 11) is 0. The van der Waals surface area contributed by atoms with Gasteiger partial charge in [0.1, 0.15) is 0 Å². The minimum Gasteiger partial charge on any atom is -0.322 e. The summed E-state index contributed by atoms with van der Waals surface area (Å²) in [5.74, 6) is -0.175. The van der Waals surface area contributed by atoms with Gasteiger partial charge in [0, 0.05) is 29.3 Å². The average Bonchev–Trinajstić information content (AvgIpc) is 2.95. The van der Waals surface area contributed by atoms with Crippen LogP contribution in [0.2, 0.25) is 0 Å². The number of anilines is 1. The van der Waals surface area contributed by atoms with Crippen molar-refractivity contribution in [2.75, 3.05) is 5.32 Å². The SMILES string of the molecule is Cc1cc(-c2ccc(NC(=O)c3cccnc3)cc2)n[nH]1. The lowest BCUT2D eigenvalue weighted by Gasteiger charge is -2.05. The van der Waals surface area contributed by atoms with Crippen molar-refractivity contribution in [3.05, 3.63) is 66.1 Å². The Morgan fingerprint density at radius 3 is 2.62 bits per heavy atom. The lowest BCUT2D eigenvalue weighted by molar-refractivity contribution is 0.102. The number of aryl methyl sites for hydroxylation is 1. The summed E-state index contributed by atoms with van der Waals surface area (Å²) in [6, 6.07) is 13.0. The highest BCUT2D eigenvalue weighted by molar-refractivity contribution is 6.04. The Balaban J connectivity index is 1.74. The van der Waals surface area contributed by atoms with Gasteiger partial charge in [0.25, 0.3) is 5.91 Å². The van der Waals surface area contributed by atoms with E-state index in [4.69, 9.17) is 0 Å². The number of hydrogen-bond acceptors (Lipinski definition) is 3. The molecule has 5 heteroatoms. The number of amides is 1. The fourth-order valence-electron chi connectivity index (χ4n) is 1.99. The molecule has 0 atom stereocenters. The third-order valence-electron chi connectivity index (χ3n) is 3.07. The molecule has 0 radical (unpaired) electrons. The number of nitrogens with zero attached hydrogens (tertiary/aromatic N) is 2. The number of H-pyrrole nitrogens is 1. The summed E-state index contributed by atoms with van der Waals surface area (Å²) < 4.78 is 0. The van der Waals surface area contributed by atoms with E-state index in [-0.39, 0.29) is 5.91 Å². The molecule has 0 aliphatic rings. The molecule has 1 aromatic carbocycles. The minimum absolute atomic E-state index is 0.175. The molecule has 2 N–H and O–H groups in total. The first-order chi connectivity index (χ1) is 10.2. The van der Waals surface area contributed by atoms with Gasteiger partial charge >= 0.3 is 0 Å². The summed E-state index contributed by atoms with van der Waals surface area (Å²) in [5, 5.41) is 9.95.